The summed E-state index contributed by atoms with van der Waals surface area (Å²) in [7, 11) is 0. The molecule has 3 N–H and O–H groups in total. The molecule has 126 valence electrons. The summed E-state index contributed by atoms with van der Waals surface area (Å²) in [5, 5.41) is 13.5. The van der Waals surface area contributed by atoms with Gasteiger partial charge < -0.3 is 20.5 Å². The molecule has 23 heavy (non-hydrogen) atoms. The number of carbonyl (C=O) groups excluding carboxylic acids is 2. The van der Waals surface area contributed by atoms with Gasteiger partial charge in [0.1, 0.15) is 18.3 Å². The van der Waals surface area contributed by atoms with E-state index in [9.17, 15) is 14.4 Å². The molecule has 0 aliphatic carbocycles. The highest BCUT2D eigenvalue weighted by Gasteiger charge is 2.24. The van der Waals surface area contributed by atoms with Crippen molar-refractivity contribution in [3.63, 3.8) is 0 Å². The van der Waals surface area contributed by atoms with Crippen molar-refractivity contribution in [3.8, 4) is 5.75 Å². The SMILES string of the molecule is CCOc1ccc(C(=O)NC(C(=O)NCC(=O)O)C(C)C)cc1. The lowest BCUT2D eigenvalue weighted by atomic mass is 10.0. The second kappa shape index (κ2) is 8.77. The largest absolute Gasteiger partial charge is 0.494 e. The van der Waals surface area contributed by atoms with Crippen molar-refractivity contribution in [3.05, 3.63) is 29.8 Å². The van der Waals surface area contributed by atoms with E-state index < -0.39 is 30.4 Å². The van der Waals surface area contributed by atoms with Gasteiger partial charge in [-0.15, -0.1) is 0 Å². The Morgan fingerprint density at radius 3 is 2.26 bits per heavy atom. The van der Waals surface area contributed by atoms with Gasteiger partial charge >= 0.3 is 5.97 Å². The van der Waals surface area contributed by atoms with E-state index in [0.717, 1.165) is 0 Å². The summed E-state index contributed by atoms with van der Waals surface area (Å²) in [4.78, 5) is 34.7. The highest BCUT2D eigenvalue weighted by Crippen LogP contribution is 2.12. The Kier molecular flexibility index (Phi) is 7.05. The Balaban J connectivity index is 2.73. The Hall–Kier alpha value is -2.57. The van der Waals surface area contributed by atoms with Gasteiger partial charge in [0.2, 0.25) is 5.91 Å². The fourth-order valence-electron chi connectivity index (χ4n) is 1.90. The standard InChI is InChI=1S/C16H22N2O5/c1-4-23-12-7-5-11(6-8-12)15(21)18-14(10(2)3)16(22)17-9-13(19)20/h5-8,10,14H,4,9H2,1-3H3,(H,17,22)(H,18,21)(H,19,20). The van der Waals surface area contributed by atoms with E-state index in [1.807, 2.05) is 6.92 Å². The zero-order valence-corrected chi connectivity index (χ0v) is 13.5. The maximum Gasteiger partial charge on any atom is 0.322 e. The number of carboxylic acids is 1. The van der Waals surface area contributed by atoms with E-state index in [2.05, 4.69) is 10.6 Å². The summed E-state index contributed by atoms with van der Waals surface area (Å²) in [6.07, 6.45) is 0. The number of carboxylic acid groups (broad SMARTS) is 1. The number of ether oxygens (including phenoxy) is 1. The summed E-state index contributed by atoms with van der Waals surface area (Å²) in [6, 6.07) is 5.74. The van der Waals surface area contributed by atoms with E-state index in [1.54, 1.807) is 38.1 Å². The summed E-state index contributed by atoms with van der Waals surface area (Å²) in [6.45, 7) is 5.45. The summed E-state index contributed by atoms with van der Waals surface area (Å²) < 4.78 is 5.30. The first-order valence-electron chi connectivity index (χ1n) is 7.38. The predicted molar refractivity (Wildman–Crippen MR) is 84.3 cm³/mol. The lowest BCUT2D eigenvalue weighted by Gasteiger charge is -2.21. The summed E-state index contributed by atoms with van der Waals surface area (Å²) in [5.41, 5.74) is 0.394. The second-order valence-electron chi connectivity index (χ2n) is 5.26. The summed E-state index contributed by atoms with van der Waals surface area (Å²) >= 11 is 0. The van der Waals surface area contributed by atoms with Crippen LogP contribution in [0.1, 0.15) is 31.1 Å². The Labute approximate surface area is 135 Å². The van der Waals surface area contributed by atoms with Gasteiger partial charge in [0.05, 0.1) is 6.61 Å². The van der Waals surface area contributed by atoms with Crippen LogP contribution >= 0.6 is 0 Å². The fraction of sp³-hybridized carbons (Fsp3) is 0.438. The van der Waals surface area contributed by atoms with Gasteiger partial charge in [0.25, 0.3) is 5.91 Å². The van der Waals surface area contributed by atoms with Gasteiger partial charge in [-0.2, -0.15) is 0 Å². The molecule has 0 aliphatic heterocycles. The lowest BCUT2D eigenvalue weighted by Crippen LogP contribution is -2.50. The van der Waals surface area contributed by atoms with Crippen molar-refractivity contribution in [2.24, 2.45) is 5.92 Å². The molecule has 1 rings (SSSR count). The van der Waals surface area contributed by atoms with Crippen molar-refractivity contribution in [1.29, 1.82) is 0 Å². The smallest absolute Gasteiger partial charge is 0.322 e. The van der Waals surface area contributed by atoms with Crippen molar-refractivity contribution in [2.75, 3.05) is 13.2 Å². The molecule has 0 saturated heterocycles. The molecule has 0 bridgehead atoms. The van der Waals surface area contributed by atoms with Crippen LogP contribution in [0.5, 0.6) is 5.75 Å². The van der Waals surface area contributed by atoms with Crippen molar-refractivity contribution < 1.29 is 24.2 Å². The third-order valence-electron chi connectivity index (χ3n) is 3.08. The van der Waals surface area contributed by atoms with Gasteiger partial charge in [0, 0.05) is 5.56 Å². The molecule has 7 heteroatoms. The molecule has 1 unspecified atom stereocenters. The fourth-order valence-corrected chi connectivity index (χ4v) is 1.90. The number of rotatable bonds is 8. The maximum absolute atomic E-state index is 12.2. The zero-order valence-electron chi connectivity index (χ0n) is 13.5. The molecule has 7 nitrogen and oxygen atoms in total. The molecule has 1 aromatic rings. The zero-order chi connectivity index (χ0) is 17.4. The maximum atomic E-state index is 12.2. The molecule has 0 aromatic heterocycles. The van der Waals surface area contributed by atoms with Crippen LogP contribution in [-0.4, -0.2) is 42.1 Å². The first-order valence-corrected chi connectivity index (χ1v) is 7.38. The molecule has 0 fully saturated rings. The Morgan fingerprint density at radius 1 is 1.17 bits per heavy atom. The monoisotopic (exact) mass is 322 g/mol. The van der Waals surface area contributed by atoms with Crippen LogP contribution in [0.2, 0.25) is 0 Å². The molecule has 0 saturated carbocycles. The van der Waals surface area contributed by atoms with E-state index in [1.165, 1.54) is 0 Å². The van der Waals surface area contributed by atoms with Crippen LogP contribution in [0.4, 0.5) is 0 Å². The van der Waals surface area contributed by atoms with E-state index in [-0.39, 0.29) is 5.92 Å². The van der Waals surface area contributed by atoms with Gasteiger partial charge in [-0.05, 0) is 37.1 Å². The quantitative estimate of drug-likeness (QED) is 0.663. The molecule has 1 aromatic carbocycles. The number of amides is 2. The highest BCUT2D eigenvalue weighted by atomic mass is 16.5. The number of aliphatic carboxylic acids is 1. The van der Waals surface area contributed by atoms with Gasteiger partial charge in [-0.25, -0.2) is 0 Å². The van der Waals surface area contributed by atoms with Gasteiger partial charge in [0.15, 0.2) is 0 Å². The Bertz CT molecular complexity index is 554. The Morgan fingerprint density at radius 2 is 1.78 bits per heavy atom. The van der Waals surface area contributed by atoms with Crippen LogP contribution in [0.15, 0.2) is 24.3 Å². The molecule has 0 spiro atoms. The van der Waals surface area contributed by atoms with Crippen LogP contribution < -0.4 is 15.4 Å². The van der Waals surface area contributed by atoms with E-state index in [4.69, 9.17) is 9.84 Å². The highest BCUT2D eigenvalue weighted by molar-refractivity contribution is 5.98. The first kappa shape index (κ1) is 18.5. The number of hydrogen-bond donors (Lipinski definition) is 3. The molecular formula is C16H22N2O5. The van der Waals surface area contributed by atoms with Crippen molar-refractivity contribution >= 4 is 17.8 Å². The minimum absolute atomic E-state index is 0.185. The second-order valence-corrected chi connectivity index (χ2v) is 5.26. The summed E-state index contributed by atoms with van der Waals surface area (Å²) in [5.74, 6) is -1.60. The molecule has 2 amide bonds. The number of nitrogens with one attached hydrogen (secondary N) is 2. The van der Waals surface area contributed by atoms with Crippen LogP contribution in [-0.2, 0) is 9.59 Å². The average molecular weight is 322 g/mol. The number of hydrogen-bond acceptors (Lipinski definition) is 4. The molecular weight excluding hydrogens is 300 g/mol. The topological polar surface area (TPSA) is 105 Å². The average Bonchev–Trinajstić information content (AvgIpc) is 2.50. The minimum Gasteiger partial charge on any atom is -0.494 e. The lowest BCUT2D eigenvalue weighted by molar-refractivity contribution is -0.138. The van der Waals surface area contributed by atoms with Crippen molar-refractivity contribution in [1.82, 2.24) is 10.6 Å². The minimum atomic E-state index is -1.14. The molecule has 0 radical (unpaired) electrons. The molecule has 0 aliphatic rings. The van der Waals surface area contributed by atoms with Gasteiger partial charge in [-0.3, -0.25) is 14.4 Å². The number of carbonyl (C=O) groups is 3. The normalized spacial score (nSPS) is 11.7. The van der Waals surface area contributed by atoms with E-state index in [0.29, 0.717) is 17.9 Å². The van der Waals surface area contributed by atoms with Crippen molar-refractivity contribution in [2.45, 2.75) is 26.8 Å². The number of benzene rings is 1. The van der Waals surface area contributed by atoms with Crippen LogP contribution in [0.25, 0.3) is 0 Å². The third-order valence-corrected chi connectivity index (χ3v) is 3.08. The molecule has 0 heterocycles. The van der Waals surface area contributed by atoms with Crippen LogP contribution in [0, 0.1) is 5.92 Å². The van der Waals surface area contributed by atoms with Crippen LogP contribution in [0.3, 0.4) is 0 Å². The van der Waals surface area contributed by atoms with Gasteiger partial charge in [-0.1, -0.05) is 13.8 Å². The predicted octanol–water partition coefficient (Wildman–Crippen LogP) is 1.04. The first-order chi connectivity index (χ1) is 10.8. The third kappa shape index (κ3) is 5.98. The molecule has 1 atom stereocenters. The van der Waals surface area contributed by atoms with E-state index >= 15 is 0 Å².